The van der Waals surface area contributed by atoms with E-state index in [1.165, 1.54) is 0 Å². The van der Waals surface area contributed by atoms with E-state index < -0.39 is 29.9 Å². The van der Waals surface area contributed by atoms with E-state index in [2.05, 4.69) is 0 Å². The number of carboxylic acids is 3. The van der Waals surface area contributed by atoms with Crippen molar-refractivity contribution in [1.82, 2.24) is 0 Å². The average Bonchev–Trinajstić information content (AvgIpc) is 1.83. The quantitative estimate of drug-likeness (QED) is 0.405. The van der Waals surface area contributed by atoms with Gasteiger partial charge < -0.3 is 15.3 Å². The molecule has 68 valence electrons. The third-order valence-corrected chi connectivity index (χ3v) is 0.914. The molecule has 0 rings (SSSR count). The van der Waals surface area contributed by atoms with Crippen LogP contribution in [0.15, 0.2) is 11.6 Å². The van der Waals surface area contributed by atoms with Gasteiger partial charge in [0, 0.05) is 65.2 Å². The summed E-state index contributed by atoms with van der Waals surface area (Å²) in [4.78, 5) is 30.1. The molecule has 3 N–H and O–H groups in total. The second-order valence-corrected chi connectivity index (χ2v) is 1.88. The number of carbonyl (C=O) groups is 3. The molecule has 0 heterocycles. The zero-order chi connectivity index (χ0) is 9.72. The van der Waals surface area contributed by atoms with E-state index in [1.54, 1.807) is 0 Å². The van der Waals surface area contributed by atoms with Crippen LogP contribution in [-0.2, 0) is 14.4 Å². The van der Waals surface area contributed by atoms with Crippen molar-refractivity contribution in [1.29, 1.82) is 0 Å². The normalized spacial score (nSPS) is 9.29. The van der Waals surface area contributed by atoms with Gasteiger partial charge in [-0.15, -0.1) is 0 Å². The Kier molecular flexibility index (Phi) is 13.6. The third kappa shape index (κ3) is 10.2. The van der Waals surface area contributed by atoms with Crippen LogP contribution in [0.25, 0.3) is 0 Å². The molecule has 0 unspecified atom stereocenters. The van der Waals surface area contributed by atoms with Gasteiger partial charge >= 0.3 is 17.9 Å². The van der Waals surface area contributed by atoms with E-state index >= 15 is 0 Å². The van der Waals surface area contributed by atoms with E-state index in [9.17, 15) is 14.4 Å². The summed E-state index contributed by atoms with van der Waals surface area (Å²) in [5.41, 5.74) is -0.657. The van der Waals surface area contributed by atoms with E-state index in [-0.39, 0.29) is 59.1 Å². The van der Waals surface area contributed by atoms with Crippen LogP contribution < -0.4 is 0 Å². The molecule has 6 nitrogen and oxygen atoms in total. The summed E-state index contributed by atoms with van der Waals surface area (Å²) < 4.78 is 0. The molecule has 0 atom stereocenters. The van der Waals surface area contributed by atoms with Crippen molar-refractivity contribution < 1.29 is 29.7 Å². The molecular weight excluding hydrogens is 214 g/mol. The largest absolute Gasteiger partial charge is 0.481 e. The standard InChI is InChI=1S/C6H6O6.2Na/c7-4(8)1-3(6(11)12)2-5(9)10;;/h1H,2H2,(H,7,8)(H,9,10)(H,11,12);;. The molecular formula is C6H6Na2O6. The van der Waals surface area contributed by atoms with Gasteiger partial charge in [0.15, 0.2) is 0 Å². The maximum Gasteiger partial charge on any atom is 0.332 e. The maximum atomic E-state index is 10.2. The number of hydrogen-bond acceptors (Lipinski definition) is 3. The Labute approximate surface area is 124 Å². The van der Waals surface area contributed by atoms with E-state index in [4.69, 9.17) is 15.3 Å². The van der Waals surface area contributed by atoms with Crippen molar-refractivity contribution in [3.05, 3.63) is 11.6 Å². The zero-order valence-electron chi connectivity index (χ0n) is 7.85. The second-order valence-electron chi connectivity index (χ2n) is 1.88. The molecule has 0 saturated carbocycles. The Hall–Kier alpha value is 0.150. The molecule has 8 heteroatoms. The minimum Gasteiger partial charge on any atom is -0.481 e. The van der Waals surface area contributed by atoms with Crippen molar-refractivity contribution in [3.8, 4) is 0 Å². The summed E-state index contributed by atoms with van der Waals surface area (Å²) in [5.74, 6) is -4.40. The monoisotopic (exact) mass is 220 g/mol. The van der Waals surface area contributed by atoms with Gasteiger partial charge in [-0.3, -0.25) is 4.79 Å². The van der Waals surface area contributed by atoms with E-state index in [0.29, 0.717) is 6.08 Å². The molecule has 14 heavy (non-hydrogen) atoms. The fraction of sp³-hybridized carbons (Fsp3) is 0.167. The van der Waals surface area contributed by atoms with Gasteiger partial charge in [-0.25, -0.2) is 9.59 Å². The molecule has 0 aliphatic heterocycles. The average molecular weight is 220 g/mol. The number of rotatable bonds is 4. The molecule has 2 radical (unpaired) electrons. The summed E-state index contributed by atoms with van der Waals surface area (Å²) in [6.45, 7) is 0. The summed E-state index contributed by atoms with van der Waals surface area (Å²) in [7, 11) is 0. The van der Waals surface area contributed by atoms with Crippen LogP contribution in [0.1, 0.15) is 6.42 Å². The maximum absolute atomic E-state index is 10.2. The first-order valence-electron chi connectivity index (χ1n) is 2.82. The fourth-order valence-corrected chi connectivity index (χ4v) is 0.500. The fourth-order valence-electron chi connectivity index (χ4n) is 0.500. The number of hydrogen-bond donors (Lipinski definition) is 3. The molecule has 0 aromatic carbocycles. The van der Waals surface area contributed by atoms with E-state index in [1.807, 2.05) is 0 Å². The Morgan fingerprint density at radius 2 is 1.43 bits per heavy atom. The van der Waals surface area contributed by atoms with Crippen molar-refractivity contribution in [3.63, 3.8) is 0 Å². The van der Waals surface area contributed by atoms with Crippen molar-refractivity contribution in [2.45, 2.75) is 6.42 Å². The Morgan fingerprint density at radius 1 is 1.00 bits per heavy atom. The smallest absolute Gasteiger partial charge is 0.332 e. The number of aliphatic carboxylic acids is 3. The Balaban J connectivity index is -0.000000605. The van der Waals surface area contributed by atoms with Crippen LogP contribution in [-0.4, -0.2) is 92.3 Å². The van der Waals surface area contributed by atoms with Gasteiger partial charge in [0.2, 0.25) is 0 Å². The summed E-state index contributed by atoms with van der Waals surface area (Å²) in [5, 5.41) is 24.5. The number of carboxylic acid groups (broad SMARTS) is 3. The van der Waals surface area contributed by atoms with Gasteiger partial charge in [-0.05, 0) is 0 Å². The minimum absolute atomic E-state index is 0. The van der Waals surface area contributed by atoms with Crippen molar-refractivity contribution >= 4 is 77.0 Å². The van der Waals surface area contributed by atoms with Crippen LogP contribution in [0.5, 0.6) is 0 Å². The summed E-state index contributed by atoms with van der Waals surface area (Å²) in [6.07, 6.45) is -0.446. The minimum atomic E-state index is -1.54. The second kappa shape index (κ2) is 9.70. The molecule has 0 fully saturated rings. The van der Waals surface area contributed by atoms with Crippen LogP contribution in [0.2, 0.25) is 0 Å². The molecule has 0 saturated heterocycles. The molecule has 0 aromatic heterocycles. The zero-order valence-corrected chi connectivity index (χ0v) is 11.9. The predicted molar refractivity (Wildman–Crippen MR) is 47.1 cm³/mol. The third-order valence-electron chi connectivity index (χ3n) is 0.914. The molecule has 0 aliphatic rings. The molecule has 0 amide bonds. The van der Waals surface area contributed by atoms with Crippen LogP contribution in [0, 0.1) is 0 Å². The van der Waals surface area contributed by atoms with Gasteiger partial charge in [-0.2, -0.15) is 0 Å². The van der Waals surface area contributed by atoms with Crippen LogP contribution in [0.3, 0.4) is 0 Å². The van der Waals surface area contributed by atoms with Crippen LogP contribution in [0.4, 0.5) is 0 Å². The van der Waals surface area contributed by atoms with Crippen LogP contribution >= 0.6 is 0 Å². The first-order chi connectivity index (χ1) is 5.43. The van der Waals surface area contributed by atoms with Gasteiger partial charge in [-0.1, -0.05) is 0 Å². The molecule has 0 aliphatic carbocycles. The van der Waals surface area contributed by atoms with Crippen molar-refractivity contribution in [2.75, 3.05) is 0 Å². The van der Waals surface area contributed by atoms with Gasteiger partial charge in [0.25, 0.3) is 0 Å². The Morgan fingerprint density at radius 3 is 1.64 bits per heavy atom. The van der Waals surface area contributed by atoms with Crippen molar-refractivity contribution in [2.24, 2.45) is 0 Å². The molecule has 0 bridgehead atoms. The van der Waals surface area contributed by atoms with Gasteiger partial charge in [0.1, 0.15) is 0 Å². The van der Waals surface area contributed by atoms with Gasteiger partial charge in [0.05, 0.1) is 12.0 Å². The predicted octanol–water partition coefficient (Wildman–Crippen LogP) is -1.20. The topological polar surface area (TPSA) is 112 Å². The first-order valence-corrected chi connectivity index (χ1v) is 2.82. The molecule has 0 aromatic rings. The SMILES string of the molecule is O=C(O)C=C(CC(=O)O)C(=O)O.[Na].[Na]. The van der Waals surface area contributed by atoms with E-state index in [0.717, 1.165) is 0 Å². The Bertz CT molecular complexity index is 259. The summed E-state index contributed by atoms with van der Waals surface area (Å²) in [6, 6.07) is 0. The first kappa shape index (κ1) is 19.7. The molecule has 0 spiro atoms. The summed E-state index contributed by atoms with van der Waals surface area (Å²) >= 11 is 0.